The zero-order valence-electron chi connectivity index (χ0n) is 20.0. The summed E-state index contributed by atoms with van der Waals surface area (Å²) in [6.45, 7) is 4.01. The van der Waals surface area contributed by atoms with E-state index in [0.717, 1.165) is 22.5 Å². The van der Waals surface area contributed by atoms with Gasteiger partial charge in [0.2, 0.25) is 0 Å². The molecule has 178 valence electrons. The Balaban J connectivity index is 1.38. The van der Waals surface area contributed by atoms with Crippen LogP contribution in [0, 0.1) is 19.7 Å². The predicted molar refractivity (Wildman–Crippen MR) is 136 cm³/mol. The summed E-state index contributed by atoms with van der Waals surface area (Å²) in [4.78, 5) is 29.7. The molecule has 6 rings (SSSR count). The normalized spacial score (nSPS) is 11.6. The van der Waals surface area contributed by atoms with Gasteiger partial charge in [-0.05, 0) is 43.7 Å². The molecule has 0 saturated heterocycles. The standard InChI is InChI=1S/C27H22FN7O/c1-15-23(16(2)34(3)33-15)25-31-24-19(10-11-29-26(24)32-25)17-8-9-18(21(28)12-17)13-35-14-30-22-7-5-4-6-20(22)27(35)36/h4-12,14H,13H2,1-3H3,(H,29,31,32). The molecule has 0 spiro atoms. The molecule has 0 aliphatic rings. The van der Waals surface area contributed by atoms with Crippen LogP contribution in [-0.2, 0) is 13.6 Å². The van der Waals surface area contributed by atoms with Crippen LogP contribution >= 0.6 is 0 Å². The summed E-state index contributed by atoms with van der Waals surface area (Å²) in [5.74, 6) is 0.264. The maximum absolute atomic E-state index is 15.3. The van der Waals surface area contributed by atoms with Crippen LogP contribution in [0.5, 0.6) is 0 Å². The number of para-hydroxylation sites is 1. The number of pyridine rings is 1. The molecule has 0 radical (unpaired) electrons. The third-order valence-electron chi connectivity index (χ3n) is 6.57. The zero-order valence-corrected chi connectivity index (χ0v) is 20.0. The molecule has 0 aliphatic heterocycles. The van der Waals surface area contributed by atoms with Crippen LogP contribution < -0.4 is 5.56 Å². The lowest BCUT2D eigenvalue weighted by Gasteiger charge is -2.09. The molecule has 0 fully saturated rings. The first-order valence-corrected chi connectivity index (χ1v) is 11.5. The molecule has 0 saturated carbocycles. The van der Waals surface area contributed by atoms with Crippen molar-refractivity contribution in [2.75, 3.05) is 0 Å². The Kier molecular flexibility index (Phi) is 4.99. The third-order valence-corrected chi connectivity index (χ3v) is 6.57. The van der Waals surface area contributed by atoms with Gasteiger partial charge in [-0.1, -0.05) is 24.3 Å². The molecule has 9 heteroatoms. The van der Waals surface area contributed by atoms with Gasteiger partial charge in [0.15, 0.2) is 5.65 Å². The molecular weight excluding hydrogens is 457 g/mol. The fourth-order valence-electron chi connectivity index (χ4n) is 4.62. The summed E-state index contributed by atoms with van der Waals surface area (Å²) in [7, 11) is 1.89. The van der Waals surface area contributed by atoms with Gasteiger partial charge in [-0.25, -0.2) is 19.3 Å². The third kappa shape index (κ3) is 3.48. The fourth-order valence-corrected chi connectivity index (χ4v) is 4.62. The number of H-pyrrole nitrogens is 1. The van der Waals surface area contributed by atoms with Crippen molar-refractivity contribution in [2.24, 2.45) is 7.05 Å². The number of fused-ring (bicyclic) bond motifs is 2. The van der Waals surface area contributed by atoms with Crippen molar-refractivity contribution in [3.05, 3.63) is 94.2 Å². The van der Waals surface area contributed by atoms with Crippen molar-refractivity contribution in [2.45, 2.75) is 20.4 Å². The van der Waals surface area contributed by atoms with Crippen LogP contribution in [0.1, 0.15) is 17.0 Å². The number of benzene rings is 2. The van der Waals surface area contributed by atoms with Crippen molar-refractivity contribution in [1.82, 2.24) is 34.3 Å². The maximum Gasteiger partial charge on any atom is 0.261 e. The van der Waals surface area contributed by atoms with Gasteiger partial charge >= 0.3 is 0 Å². The minimum atomic E-state index is -0.410. The minimum Gasteiger partial charge on any atom is -0.322 e. The van der Waals surface area contributed by atoms with Crippen molar-refractivity contribution in [3.8, 4) is 22.5 Å². The molecule has 4 heterocycles. The monoisotopic (exact) mass is 479 g/mol. The molecule has 0 atom stereocenters. The van der Waals surface area contributed by atoms with Crippen molar-refractivity contribution in [3.63, 3.8) is 0 Å². The van der Waals surface area contributed by atoms with Crippen molar-refractivity contribution in [1.29, 1.82) is 0 Å². The molecule has 1 N–H and O–H groups in total. The number of hydrogen-bond donors (Lipinski definition) is 1. The number of imidazole rings is 1. The number of aromatic nitrogens is 7. The van der Waals surface area contributed by atoms with E-state index in [1.165, 1.54) is 17.0 Å². The number of nitrogens with zero attached hydrogens (tertiary/aromatic N) is 6. The first kappa shape index (κ1) is 21.8. The highest BCUT2D eigenvalue weighted by molar-refractivity contribution is 5.91. The number of nitrogens with one attached hydrogen (secondary N) is 1. The Labute approximate surface area is 205 Å². The molecule has 0 bridgehead atoms. The largest absolute Gasteiger partial charge is 0.322 e. The van der Waals surface area contributed by atoms with E-state index in [9.17, 15) is 4.79 Å². The van der Waals surface area contributed by atoms with Gasteiger partial charge in [-0.3, -0.25) is 14.0 Å². The molecule has 6 aromatic rings. The van der Waals surface area contributed by atoms with Gasteiger partial charge in [-0.15, -0.1) is 0 Å². The highest BCUT2D eigenvalue weighted by atomic mass is 19.1. The Morgan fingerprint density at radius 3 is 2.67 bits per heavy atom. The number of aryl methyl sites for hydroxylation is 2. The number of hydrogen-bond acceptors (Lipinski definition) is 5. The van der Waals surface area contributed by atoms with Gasteiger partial charge in [0.1, 0.15) is 17.2 Å². The Morgan fingerprint density at radius 2 is 1.89 bits per heavy atom. The summed E-state index contributed by atoms with van der Waals surface area (Å²) < 4.78 is 18.5. The molecule has 4 aromatic heterocycles. The lowest BCUT2D eigenvalue weighted by molar-refractivity contribution is 0.596. The van der Waals surface area contributed by atoms with Crippen LogP contribution in [0.15, 0.2) is 65.8 Å². The second kappa shape index (κ2) is 8.23. The fraction of sp³-hybridized carbons (Fsp3) is 0.148. The van der Waals surface area contributed by atoms with E-state index in [1.54, 1.807) is 30.5 Å². The minimum absolute atomic E-state index is 0.0840. The van der Waals surface area contributed by atoms with Crippen LogP contribution in [0.4, 0.5) is 4.39 Å². The summed E-state index contributed by atoms with van der Waals surface area (Å²) >= 11 is 0. The molecular formula is C27H22FN7O. The zero-order chi connectivity index (χ0) is 25.0. The van der Waals surface area contributed by atoms with Crippen molar-refractivity contribution < 1.29 is 4.39 Å². The molecule has 36 heavy (non-hydrogen) atoms. The predicted octanol–water partition coefficient (Wildman–Crippen LogP) is 4.54. The van der Waals surface area contributed by atoms with Gasteiger partial charge in [0, 0.05) is 30.1 Å². The first-order chi connectivity index (χ1) is 17.4. The van der Waals surface area contributed by atoms with Crippen LogP contribution in [0.3, 0.4) is 0 Å². The van der Waals surface area contributed by atoms with Gasteiger partial charge in [0.05, 0.1) is 35.0 Å². The van der Waals surface area contributed by atoms with Crippen molar-refractivity contribution >= 4 is 22.1 Å². The van der Waals surface area contributed by atoms with E-state index in [-0.39, 0.29) is 12.1 Å². The topological polar surface area (TPSA) is 94.3 Å². The number of rotatable bonds is 4. The first-order valence-electron chi connectivity index (χ1n) is 11.5. The van der Waals surface area contributed by atoms with E-state index in [2.05, 4.69) is 20.1 Å². The average Bonchev–Trinajstić information content (AvgIpc) is 3.41. The van der Waals surface area contributed by atoms with Crippen LogP contribution in [0.25, 0.3) is 44.6 Å². The average molecular weight is 480 g/mol. The molecule has 0 aliphatic carbocycles. The highest BCUT2D eigenvalue weighted by Crippen LogP contribution is 2.31. The SMILES string of the molecule is Cc1nn(C)c(C)c1-c1nc2c(-c3ccc(Cn4cnc5ccccc5c4=O)c(F)c3)ccnc2[nH]1. The summed E-state index contributed by atoms with van der Waals surface area (Å²) in [6.07, 6.45) is 3.13. The molecule has 0 amide bonds. The summed E-state index contributed by atoms with van der Waals surface area (Å²) in [5.41, 5.74) is 6.29. The Morgan fingerprint density at radius 1 is 1.06 bits per heavy atom. The Bertz CT molecular complexity index is 1850. The quantitative estimate of drug-likeness (QED) is 0.401. The second-order valence-electron chi connectivity index (χ2n) is 8.81. The van der Waals surface area contributed by atoms with Crippen LogP contribution in [-0.4, -0.2) is 34.3 Å². The highest BCUT2D eigenvalue weighted by Gasteiger charge is 2.18. The van der Waals surface area contributed by atoms with E-state index in [1.807, 2.05) is 43.8 Å². The maximum atomic E-state index is 15.3. The number of aromatic amines is 1. The van der Waals surface area contributed by atoms with Gasteiger partial charge < -0.3 is 4.98 Å². The lowest BCUT2D eigenvalue weighted by Crippen LogP contribution is -2.21. The number of halogens is 1. The molecule has 2 aromatic carbocycles. The van der Waals surface area contributed by atoms with E-state index in [0.29, 0.717) is 39.0 Å². The lowest BCUT2D eigenvalue weighted by atomic mass is 10.0. The molecule has 8 nitrogen and oxygen atoms in total. The van der Waals surface area contributed by atoms with E-state index >= 15 is 4.39 Å². The molecule has 0 unspecified atom stereocenters. The van der Waals surface area contributed by atoms with Gasteiger partial charge in [-0.2, -0.15) is 5.10 Å². The van der Waals surface area contributed by atoms with Crippen LogP contribution in [0.2, 0.25) is 0 Å². The van der Waals surface area contributed by atoms with E-state index in [4.69, 9.17) is 4.98 Å². The van der Waals surface area contributed by atoms with E-state index < -0.39 is 5.82 Å². The summed E-state index contributed by atoms with van der Waals surface area (Å²) in [6, 6.07) is 13.9. The summed E-state index contributed by atoms with van der Waals surface area (Å²) in [5, 5.41) is 4.98. The smallest absolute Gasteiger partial charge is 0.261 e. The Hall–Kier alpha value is -4.66. The second-order valence-corrected chi connectivity index (χ2v) is 8.81. The van der Waals surface area contributed by atoms with Gasteiger partial charge in [0.25, 0.3) is 5.56 Å².